The van der Waals surface area contributed by atoms with Crippen LogP contribution < -0.4 is 0 Å². The van der Waals surface area contributed by atoms with Crippen molar-refractivity contribution in [3.63, 3.8) is 0 Å². The maximum Gasteiger partial charge on any atom is 0.307 e. The lowest BCUT2D eigenvalue weighted by molar-refractivity contribution is -0.141. The first-order valence-corrected chi connectivity index (χ1v) is 7.42. The molecule has 8 heteroatoms. The number of hydrogen-bond donors (Lipinski definition) is 1. The molecule has 0 aromatic carbocycles. The fraction of sp³-hybridized carbons (Fsp3) is 0.636. The van der Waals surface area contributed by atoms with Gasteiger partial charge in [-0.05, 0) is 20.3 Å². The van der Waals surface area contributed by atoms with E-state index < -0.39 is 21.9 Å². The third kappa shape index (κ3) is 2.25. The normalized spacial score (nSPS) is 20.9. The number of aromatic nitrogens is 2. The Morgan fingerprint density at radius 3 is 2.47 bits per heavy atom. The SMILES string of the molecule is Cc1nn(C)c(C)c1S(=O)(=O)N1CC[C@@H](C(=O)O)C1. The van der Waals surface area contributed by atoms with E-state index in [1.807, 2.05) is 0 Å². The third-order valence-corrected chi connectivity index (χ3v) is 5.66. The molecule has 0 saturated carbocycles. The Morgan fingerprint density at radius 2 is 2.05 bits per heavy atom. The van der Waals surface area contributed by atoms with E-state index in [0.717, 1.165) is 0 Å². The van der Waals surface area contributed by atoms with Crippen molar-refractivity contribution >= 4 is 16.0 Å². The number of carbonyl (C=O) groups is 1. The van der Waals surface area contributed by atoms with Crippen LogP contribution in [-0.4, -0.2) is 46.7 Å². The van der Waals surface area contributed by atoms with Crippen molar-refractivity contribution in [2.24, 2.45) is 13.0 Å². The van der Waals surface area contributed by atoms with Crippen LogP contribution in [0.5, 0.6) is 0 Å². The molecule has 1 aromatic rings. The van der Waals surface area contributed by atoms with Gasteiger partial charge >= 0.3 is 5.97 Å². The van der Waals surface area contributed by atoms with Gasteiger partial charge in [0.25, 0.3) is 0 Å². The van der Waals surface area contributed by atoms with Crippen molar-refractivity contribution in [1.82, 2.24) is 14.1 Å². The maximum absolute atomic E-state index is 12.5. The molecule has 7 nitrogen and oxygen atoms in total. The molecule has 19 heavy (non-hydrogen) atoms. The molecule has 1 aromatic heterocycles. The largest absolute Gasteiger partial charge is 0.481 e. The van der Waals surface area contributed by atoms with Crippen molar-refractivity contribution in [2.45, 2.75) is 25.2 Å². The van der Waals surface area contributed by atoms with Crippen LogP contribution in [0.3, 0.4) is 0 Å². The van der Waals surface area contributed by atoms with Gasteiger partial charge < -0.3 is 5.11 Å². The third-order valence-electron chi connectivity index (χ3n) is 3.54. The van der Waals surface area contributed by atoms with Crippen LogP contribution in [0.25, 0.3) is 0 Å². The molecule has 1 fully saturated rings. The van der Waals surface area contributed by atoms with Gasteiger partial charge in [0.15, 0.2) is 0 Å². The summed E-state index contributed by atoms with van der Waals surface area (Å²) in [7, 11) is -1.97. The predicted octanol–water partition coefficient (Wildman–Crippen LogP) is 0.132. The zero-order valence-corrected chi connectivity index (χ0v) is 11.9. The summed E-state index contributed by atoms with van der Waals surface area (Å²) in [6, 6.07) is 0. The predicted molar refractivity (Wildman–Crippen MR) is 67.2 cm³/mol. The number of nitrogens with zero attached hydrogens (tertiary/aromatic N) is 3. The van der Waals surface area contributed by atoms with Gasteiger partial charge in [-0.1, -0.05) is 0 Å². The van der Waals surface area contributed by atoms with E-state index in [-0.39, 0.29) is 18.0 Å². The second kappa shape index (κ2) is 4.61. The Kier molecular flexibility index (Phi) is 3.40. The molecular formula is C11H17N3O4S. The number of aliphatic carboxylic acids is 1. The second-order valence-electron chi connectivity index (χ2n) is 4.81. The molecule has 0 radical (unpaired) electrons. The molecule has 2 rings (SSSR count). The molecule has 0 unspecified atom stereocenters. The fourth-order valence-electron chi connectivity index (χ4n) is 2.40. The quantitative estimate of drug-likeness (QED) is 0.853. The standard InChI is InChI=1S/C11H17N3O4S/c1-7-10(8(2)13(3)12-7)19(17,18)14-5-4-9(6-14)11(15)16/h9H,4-6H2,1-3H3,(H,15,16)/t9-/m1/s1. The summed E-state index contributed by atoms with van der Waals surface area (Å²) in [5, 5.41) is 13.0. The Hall–Kier alpha value is -1.41. The minimum Gasteiger partial charge on any atom is -0.481 e. The van der Waals surface area contributed by atoms with Crippen molar-refractivity contribution in [1.29, 1.82) is 0 Å². The summed E-state index contributed by atoms with van der Waals surface area (Å²) in [5.74, 6) is -1.57. The van der Waals surface area contributed by atoms with E-state index in [0.29, 0.717) is 17.8 Å². The van der Waals surface area contributed by atoms with Gasteiger partial charge in [0, 0.05) is 20.1 Å². The topological polar surface area (TPSA) is 92.5 Å². The summed E-state index contributed by atoms with van der Waals surface area (Å²) >= 11 is 0. The molecular weight excluding hydrogens is 270 g/mol. The summed E-state index contributed by atoms with van der Waals surface area (Å²) in [6.07, 6.45) is 0.354. The van der Waals surface area contributed by atoms with E-state index >= 15 is 0 Å². The number of rotatable bonds is 3. The molecule has 0 bridgehead atoms. The van der Waals surface area contributed by atoms with Crippen LogP contribution in [0.2, 0.25) is 0 Å². The van der Waals surface area contributed by atoms with Gasteiger partial charge in [0.1, 0.15) is 4.90 Å². The lowest BCUT2D eigenvalue weighted by atomic mass is 10.1. The summed E-state index contributed by atoms with van der Waals surface area (Å²) in [5.41, 5.74) is 1.01. The lowest BCUT2D eigenvalue weighted by Crippen LogP contribution is -2.30. The van der Waals surface area contributed by atoms with Crippen LogP contribution >= 0.6 is 0 Å². The zero-order valence-electron chi connectivity index (χ0n) is 11.1. The average molecular weight is 287 g/mol. The minimum atomic E-state index is -3.66. The summed E-state index contributed by atoms with van der Waals surface area (Å²) in [4.78, 5) is 11.1. The highest BCUT2D eigenvalue weighted by atomic mass is 32.2. The van der Waals surface area contributed by atoms with Gasteiger partial charge in [-0.2, -0.15) is 9.40 Å². The van der Waals surface area contributed by atoms with Gasteiger partial charge in [-0.25, -0.2) is 8.42 Å². The molecule has 106 valence electrons. The summed E-state index contributed by atoms with van der Waals surface area (Å²) < 4.78 is 27.8. The monoisotopic (exact) mass is 287 g/mol. The first-order valence-electron chi connectivity index (χ1n) is 5.98. The van der Waals surface area contributed by atoms with Crippen LogP contribution in [0.15, 0.2) is 4.90 Å². The second-order valence-corrected chi connectivity index (χ2v) is 6.69. The first kappa shape index (κ1) is 14.0. The van der Waals surface area contributed by atoms with Gasteiger partial charge in [-0.15, -0.1) is 0 Å². The van der Waals surface area contributed by atoms with E-state index in [4.69, 9.17) is 5.11 Å². The smallest absolute Gasteiger partial charge is 0.307 e. The molecule has 1 aliphatic heterocycles. The minimum absolute atomic E-state index is 0.0332. The zero-order chi connectivity index (χ0) is 14.4. The number of hydrogen-bond acceptors (Lipinski definition) is 4. The lowest BCUT2D eigenvalue weighted by Gasteiger charge is -2.16. The highest BCUT2D eigenvalue weighted by Gasteiger charge is 2.38. The van der Waals surface area contributed by atoms with Crippen LogP contribution in [0.4, 0.5) is 0 Å². The Labute approximate surface area is 111 Å². The first-order chi connectivity index (χ1) is 8.75. The highest BCUT2D eigenvalue weighted by molar-refractivity contribution is 7.89. The average Bonchev–Trinajstić information content (AvgIpc) is 2.85. The number of carboxylic acids is 1. The molecule has 1 atom stereocenters. The number of aryl methyl sites for hydroxylation is 2. The molecule has 2 heterocycles. The Morgan fingerprint density at radius 1 is 1.42 bits per heavy atom. The maximum atomic E-state index is 12.5. The number of carboxylic acid groups (broad SMARTS) is 1. The molecule has 1 aliphatic rings. The van der Waals surface area contributed by atoms with Crippen molar-refractivity contribution in [3.05, 3.63) is 11.4 Å². The van der Waals surface area contributed by atoms with Gasteiger partial charge in [0.05, 0.1) is 17.3 Å². The van der Waals surface area contributed by atoms with E-state index in [1.165, 1.54) is 8.99 Å². The molecule has 0 spiro atoms. The number of sulfonamides is 1. The molecule has 1 N–H and O–H groups in total. The van der Waals surface area contributed by atoms with Crippen LogP contribution in [0.1, 0.15) is 17.8 Å². The molecule has 0 aliphatic carbocycles. The molecule has 1 saturated heterocycles. The fourth-order valence-corrected chi connectivity index (χ4v) is 4.30. The van der Waals surface area contributed by atoms with Crippen molar-refractivity contribution in [3.8, 4) is 0 Å². The van der Waals surface area contributed by atoms with Crippen LogP contribution in [0, 0.1) is 19.8 Å². The van der Waals surface area contributed by atoms with E-state index in [9.17, 15) is 13.2 Å². The molecule has 0 amide bonds. The van der Waals surface area contributed by atoms with Gasteiger partial charge in [-0.3, -0.25) is 9.48 Å². The van der Waals surface area contributed by atoms with Crippen molar-refractivity contribution < 1.29 is 18.3 Å². The van der Waals surface area contributed by atoms with E-state index in [2.05, 4.69) is 5.10 Å². The van der Waals surface area contributed by atoms with Crippen LogP contribution in [-0.2, 0) is 21.9 Å². The summed E-state index contributed by atoms with van der Waals surface area (Å²) in [6.45, 7) is 3.61. The van der Waals surface area contributed by atoms with Crippen molar-refractivity contribution in [2.75, 3.05) is 13.1 Å². The highest BCUT2D eigenvalue weighted by Crippen LogP contribution is 2.28. The Balaban J connectivity index is 2.37. The Bertz CT molecular complexity index is 620. The van der Waals surface area contributed by atoms with Gasteiger partial charge in [0.2, 0.25) is 10.0 Å². The van der Waals surface area contributed by atoms with E-state index in [1.54, 1.807) is 20.9 Å².